The highest BCUT2D eigenvalue weighted by Gasteiger charge is 2.08. The fourth-order valence-electron chi connectivity index (χ4n) is 2.82. The van der Waals surface area contributed by atoms with E-state index >= 15 is 0 Å². The molecule has 1 amide bonds. The molecule has 3 aromatic rings. The third kappa shape index (κ3) is 6.32. The summed E-state index contributed by atoms with van der Waals surface area (Å²) in [5.41, 5.74) is 2.79. The Hall–Kier alpha value is -3.39. The molecule has 0 saturated heterocycles. The van der Waals surface area contributed by atoms with Crippen LogP contribution in [0.3, 0.4) is 0 Å². The Bertz CT molecular complexity index is 1020. The number of nitrogens with zero attached hydrogens (tertiary/aromatic N) is 2. The van der Waals surface area contributed by atoms with E-state index < -0.39 is 0 Å². The molecule has 1 aromatic carbocycles. The fourth-order valence-corrected chi connectivity index (χ4v) is 2.82. The topological polar surface area (TPSA) is 64.1 Å². The zero-order valence-corrected chi connectivity index (χ0v) is 16.6. The number of benzene rings is 1. The van der Waals surface area contributed by atoms with Crippen LogP contribution in [0.1, 0.15) is 48.7 Å². The first-order valence-electron chi connectivity index (χ1n) is 9.93. The molecule has 2 aromatic heterocycles. The molecule has 2 heterocycles. The van der Waals surface area contributed by atoms with Crippen molar-refractivity contribution in [3.63, 3.8) is 0 Å². The normalized spacial score (nSPS) is 10.2. The van der Waals surface area contributed by atoms with Gasteiger partial charge in [-0.3, -0.25) is 9.78 Å². The smallest absolute Gasteiger partial charge is 0.270 e. The third-order valence-electron chi connectivity index (χ3n) is 4.38. The monoisotopic (exact) mass is 387 g/mol. The number of carbonyl (C=O) groups is 1. The van der Waals surface area contributed by atoms with Crippen LogP contribution in [0.4, 0.5) is 0 Å². The minimum absolute atomic E-state index is 0.222. The molecule has 29 heavy (non-hydrogen) atoms. The molecule has 0 aliphatic rings. The number of carbonyl (C=O) groups excluding carboxylic acids is 1. The van der Waals surface area contributed by atoms with Crippen LogP contribution < -0.4 is 10.1 Å². The van der Waals surface area contributed by atoms with E-state index in [9.17, 15) is 4.79 Å². The first-order valence-corrected chi connectivity index (χ1v) is 9.93. The third-order valence-corrected chi connectivity index (χ3v) is 4.38. The van der Waals surface area contributed by atoms with Gasteiger partial charge in [-0.2, -0.15) is 0 Å². The summed E-state index contributed by atoms with van der Waals surface area (Å²) in [6.07, 6.45) is 6.19. The molecule has 3 rings (SSSR count). The molecule has 0 fully saturated rings. The van der Waals surface area contributed by atoms with Gasteiger partial charge in [-0.25, -0.2) is 4.98 Å². The molecule has 148 valence electrons. The number of amides is 1. The van der Waals surface area contributed by atoms with Crippen molar-refractivity contribution in [3.05, 3.63) is 66.0 Å². The lowest BCUT2D eigenvalue weighted by molar-refractivity contribution is 0.0946. The minimum Gasteiger partial charge on any atom is -0.481 e. The maximum Gasteiger partial charge on any atom is 0.270 e. The minimum atomic E-state index is -0.222. The molecule has 0 spiro atoms. The molecular weight excluding hydrogens is 362 g/mol. The van der Waals surface area contributed by atoms with Gasteiger partial charge in [-0.05, 0) is 48.4 Å². The van der Waals surface area contributed by atoms with Crippen molar-refractivity contribution in [3.8, 4) is 17.6 Å². The number of hydrogen-bond acceptors (Lipinski definition) is 4. The molecule has 0 saturated carbocycles. The van der Waals surface area contributed by atoms with E-state index in [0.717, 1.165) is 29.7 Å². The lowest BCUT2D eigenvalue weighted by Gasteiger charge is -2.08. The van der Waals surface area contributed by atoms with Crippen LogP contribution >= 0.6 is 0 Å². The van der Waals surface area contributed by atoms with E-state index in [-0.39, 0.29) is 5.91 Å². The molecule has 0 unspecified atom stereocenters. The summed E-state index contributed by atoms with van der Waals surface area (Å²) < 4.78 is 5.69. The Labute approximate surface area is 171 Å². The quantitative estimate of drug-likeness (QED) is 0.456. The second-order valence-corrected chi connectivity index (χ2v) is 6.67. The molecule has 5 heteroatoms. The molecule has 0 bridgehead atoms. The van der Waals surface area contributed by atoms with Gasteiger partial charge in [0.1, 0.15) is 18.1 Å². The lowest BCUT2D eigenvalue weighted by Crippen LogP contribution is -2.23. The number of nitrogens with one attached hydrogen (secondary N) is 1. The van der Waals surface area contributed by atoms with E-state index in [2.05, 4.69) is 34.0 Å². The van der Waals surface area contributed by atoms with Gasteiger partial charge >= 0.3 is 0 Å². The van der Waals surface area contributed by atoms with Gasteiger partial charge in [0.15, 0.2) is 0 Å². The van der Waals surface area contributed by atoms with Crippen molar-refractivity contribution < 1.29 is 9.53 Å². The number of ether oxygens (including phenoxy) is 1. The van der Waals surface area contributed by atoms with Crippen molar-refractivity contribution in [1.29, 1.82) is 0 Å². The highest BCUT2D eigenvalue weighted by molar-refractivity contribution is 5.94. The Morgan fingerprint density at radius 2 is 2.00 bits per heavy atom. The van der Waals surface area contributed by atoms with E-state index in [0.29, 0.717) is 24.4 Å². The van der Waals surface area contributed by atoms with E-state index in [4.69, 9.17) is 4.74 Å². The average Bonchev–Trinajstić information content (AvgIpc) is 2.77. The highest BCUT2D eigenvalue weighted by Crippen LogP contribution is 2.14. The van der Waals surface area contributed by atoms with Gasteiger partial charge in [0, 0.05) is 19.2 Å². The first kappa shape index (κ1) is 20.3. The Balaban J connectivity index is 1.51. The maximum atomic E-state index is 12.4. The van der Waals surface area contributed by atoms with Gasteiger partial charge in [0.25, 0.3) is 5.91 Å². The van der Waals surface area contributed by atoms with E-state index in [1.165, 1.54) is 12.8 Å². The average molecular weight is 387 g/mol. The van der Waals surface area contributed by atoms with Crippen LogP contribution in [0.5, 0.6) is 5.75 Å². The Morgan fingerprint density at radius 3 is 2.90 bits per heavy atom. The van der Waals surface area contributed by atoms with Gasteiger partial charge in [-0.1, -0.05) is 43.7 Å². The zero-order chi connectivity index (χ0) is 20.3. The highest BCUT2D eigenvalue weighted by atomic mass is 16.5. The lowest BCUT2D eigenvalue weighted by atomic mass is 10.2. The predicted molar refractivity (Wildman–Crippen MR) is 115 cm³/mol. The zero-order valence-electron chi connectivity index (χ0n) is 16.6. The van der Waals surface area contributed by atoms with Crippen molar-refractivity contribution in [2.75, 3.05) is 6.61 Å². The van der Waals surface area contributed by atoms with Gasteiger partial charge in [0.05, 0.1) is 11.0 Å². The van der Waals surface area contributed by atoms with E-state index in [1.54, 1.807) is 24.4 Å². The largest absolute Gasteiger partial charge is 0.481 e. The molecule has 0 radical (unpaired) electrons. The second-order valence-electron chi connectivity index (χ2n) is 6.67. The number of rotatable bonds is 8. The van der Waals surface area contributed by atoms with Crippen LogP contribution in [0.2, 0.25) is 0 Å². The predicted octanol–water partition coefficient (Wildman–Crippen LogP) is 4.52. The summed E-state index contributed by atoms with van der Waals surface area (Å²) in [7, 11) is 0. The van der Waals surface area contributed by atoms with Crippen LogP contribution in [-0.2, 0) is 6.54 Å². The SMILES string of the molecule is CCCCCC#CCOc1cccc(CNC(=O)c2ccc3ncccc3n2)c1. The molecule has 0 aliphatic carbocycles. The molecule has 0 atom stereocenters. The first-order chi connectivity index (χ1) is 14.3. The standard InChI is InChI=1S/C24H25N3O2/c1-2-3-4-5-6-7-16-29-20-11-8-10-19(17-20)18-26-24(28)23-14-13-21-22(27-23)12-9-15-25-21/h8-15,17H,2-5,16,18H2,1H3,(H,26,28). The van der Waals surface area contributed by atoms with Crippen LogP contribution in [0, 0.1) is 11.8 Å². The van der Waals surface area contributed by atoms with Crippen LogP contribution in [0.15, 0.2) is 54.7 Å². The molecule has 5 nitrogen and oxygen atoms in total. The van der Waals surface area contributed by atoms with Crippen molar-refractivity contribution >= 4 is 16.9 Å². The number of unbranched alkanes of at least 4 members (excludes halogenated alkanes) is 3. The van der Waals surface area contributed by atoms with Crippen molar-refractivity contribution in [2.45, 2.75) is 39.2 Å². The number of hydrogen-bond donors (Lipinski definition) is 1. The number of aromatic nitrogens is 2. The van der Waals surface area contributed by atoms with Gasteiger partial charge in [0.2, 0.25) is 0 Å². The summed E-state index contributed by atoms with van der Waals surface area (Å²) >= 11 is 0. The number of fused-ring (bicyclic) bond motifs is 1. The summed E-state index contributed by atoms with van der Waals surface area (Å²) in [5, 5.41) is 2.90. The molecular formula is C24H25N3O2. The maximum absolute atomic E-state index is 12.4. The second kappa shape index (κ2) is 10.8. The van der Waals surface area contributed by atoms with Crippen molar-refractivity contribution in [1.82, 2.24) is 15.3 Å². The summed E-state index contributed by atoms with van der Waals surface area (Å²) in [6.45, 7) is 2.95. The molecule has 0 aliphatic heterocycles. The van der Waals surface area contributed by atoms with Gasteiger partial charge < -0.3 is 10.1 Å². The van der Waals surface area contributed by atoms with Gasteiger partial charge in [-0.15, -0.1) is 0 Å². The fraction of sp³-hybridized carbons (Fsp3) is 0.292. The van der Waals surface area contributed by atoms with Crippen LogP contribution in [-0.4, -0.2) is 22.5 Å². The van der Waals surface area contributed by atoms with E-state index in [1.807, 2.05) is 30.3 Å². The summed E-state index contributed by atoms with van der Waals surface area (Å²) in [6, 6.07) is 14.8. The summed E-state index contributed by atoms with van der Waals surface area (Å²) in [4.78, 5) is 21.0. The Kier molecular flexibility index (Phi) is 7.59. The van der Waals surface area contributed by atoms with Crippen molar-refractivity contribution in [2.24, 2.45) is 0 Å². The Morgan fingerprint density at radius 1 is 1.07 bits per heavy atom. The summed E-state index contributed by atoms with van der Waals surface area (Å²) in [5.74, 6) is 6.70. The number of pyridine rings is 2. The van der Waals surface area contributed by atoms with Crippen LogP contribution in [0.25, 0.3) is 11.0 Å². The molecule has 1 N–H and O–H groups in total.